The summed E-state index contributed by atoms with van der Waals surface area (Å²) in [5.41, 5.74) is 2.36. The first-order chi connectivity index (χ1) is 17.9. The van der Waals surface area contributed by atoms with E-state index in [1.54, 1.807) is 12.1 Å². The van der Waals surface area contributed by atoms with Gasteiger partial charge >= 0.3 is 0 Å². The number of nitrogens with one attached hydrogen (secondary N) is 1. The Morgan fingerprint density at radius 1 is 1.08 bits per heavy atom. The standard InChI is InChI=1S/C30H37ClN4O2/c1-20(2)32-28(36)19-35-29(23-8-7-9-25(31)16-23)33-27-11-10-22(17-26(27)30(35)37)24-14-21(15-24)18-34-12-5-3-4-6-13-34/h7-11,16-17,20-21,24H,3-6,12-15,18-19H2,1-2H3,(H,32,36). The van der Waals surface area contributed by atoms with Crippen LogP contribution in [0.15, 0.2) is 47.3 Å². The SMILES string of the molecule is CC(C)NC(=O)Cn1c(-c2cccc(Cl)c2)nc2ccc(C3CC(CN4CCCCCC4)C3)cc2c1=O. The van der Waals surface area contributed by atoms with Crippen LogP contribution in [-0.2, 0) is 11.3 Å². The van der Waals surface area contributed by atoms with Gasteiger partial charge in [0.05, 0.1) is 10.9 Å². The van der Waals surface area contributed by atoms with Gasteiger partial charge in [0.1, 0.15) is 12.4 Å². The Morgan fingerprint density at radius 2 is 1.84 bits per heavy atom. The van der Waals surface area contributed by atoms with Crippen molar-refractivity contribution >= 4 is 28.4 Å². The minimum absolute atomic E-state index is 0.0151. The maximum atomic E-state index is 13.8. The molecule has 2 fully saturated rings. The van der Waals surface area contributed by atoms with Gasteiger partial charge in [0.15, 0.2) is 0 Å². The number of halogens is 1. The summed E-state index contributed by atoms with van der Waals surface area (Å²) in [6, 6.07) is 13.3. The molecule has 0 unspecified atom stereocenters. The van der Waals surface area contributed by atoms with Gasteiger partial charge < -0.3 is 10.2 Å². The van der Waals surface area contributed by atoms with E-state index in [-0.39, 0.29) is 24.1 Å². The van der Waals surface area contributed by atoms with Crippen LogP contribution in [-0.4, -0.2) is 46.0 Å². The maximum Gasteiger partial charge on any atom is 0.262 e. The summed E-state index contributed by atoms with van der Waals surface area (Å²) < 4.78 is 1.48. The van der Waals surface area contributed by atoms with Crippen LogP contribution in [0.2, 0.25) is 5.02 Å². The average molecular weight is 521 g/mol. The van der Waals surface area contributed by atoms with E-state index >= 15 is 0 Å². The zero-order valence-corrected chi connectivity index (χ0v) is 22.6. The Morgan fingerprint density at radius 3 is 2.54 bits per heavy atom. The van der Waals surface area contributed by atoms with Crippen LogP contribution in [0.25, 0.3) is 22.3 Å². The second-order valence-electron chi connectivity index (χ2n) is 11.1. The fourth-order valence-electron chi connectivity index (χ4n) is 5.84. The minimum atomic E-state index is -0.215. The van der Waals surface area contributed by atoms with E-state index in [9.17, 15) is 9.59 Å². The number of nitrogens with zero attached hydrogens (tertiary/aromatic N) is 3. The Hall–Kier alpha value is -2.70. The third-order valence-electron chi connectivity index (χ3n) is 7.73. The van der Waals surface area contributed by atoms with E-state index < -0.39 is 0 Å². The molecule has 196 valence electrons. The van der Waals surface area contributed by atoms with Gasteiger partial charge in [-0.15, -0.1) is 0 Å². The van der Waals surface area contributed by atoms with Crippen LogP contribution >= 0.6 is 11.6 Å². The zero-order valence-electron chi connectivity index (χ0n) is 21.9. The minimum Gasteiger partial charge on any atom is -0.352 e. The molecule has 2 aliphatic rings. The summed E-state index contributed by atoms with van der Waals surface area (Å²) in [6.07, 6.45) is 7.72. The van der Waals surface area contributed by atoms with Crippen molar-refractivity contribution < 1.29 is 4.79 Å². The molecule has 2 aromatic carbocycles. The van der Waals surface area contributed by atoms with Crippen LogP contribution in [0.5, 0.6) is 0 Å². The third-order valence-corrected chi connectivity index (χ3v) is 7.97. The van der Waals surface area contributed by atoms with Crippen LogP contribution in [0.3, 0.4) is 0 Å². The lowest BCUT2D eigenvalue weighted by atomic mass is 9.71. The first kappa shape index (κ1) is 25.9. The summed E-state index contributed by atoms with van der Waals surface area (Å²) >= 11 is 6.24. The van der Waals surface area contributed by atoms with Crippen molar-refractivity contribution in [2.75, 3.05) is 19.6 Å². The number of likely N-dealkylation sites (tertiary alicyclic amines) is 1. The number of hydrogen-bond acceptors (Lipinski definition) is 4. The van der Waals surface area contributed by atoms with Gasteiger partial charge in [-0.1, -0.05) is 42.6 Å². The van der Waals surface area contributed by atoms with Crippen LogP contribution < -0.4 is 10.9 Å². The summed E-state index contributed by atoms with van der Waals surface area (Å²) in [4.78, 5) is 33.9. The predicted molar refractivity (Wildman–Crippen MR) is 150 cm³/mol. The molecule has 1 saturated heterocycles. The third kappa shape index (κ3) is 6.07. The largest absolute Gasteiger partial charge is 0.352 e. The molecule has 5 rings (SSSR count). The van der Waals surface area contributed by atoms with Crippen molar-refractivity contribution in [2.24, 2.45) is 5.92 Å². The summed E-state index contributed by atoms with van der Waals surface area (Å²) in [5, 5.41) is 4.01. The molecule has 0 bridgehead atoms. The van der Waals surface area contributed by atoms with Crippen LogP contribution in [0.4, 0.5) is 0 Å². The predicted octanol–water partition coefficient (Wildman–Crippen LogP) is 5.61. The highest BCUT2D eigenvalue weighted by Gasteiger charge is 2.32. The molecule has 1 aromatic heterocycles. The molecular formula is C30H37ClN4O2. The topological polar surface area (TPSA) is 67.2 Å². The molecule has 1 saturated carbocycles. The molecule has 1 amide bonds. The van der Waals surface area contributed by atoms with Gasteiger partial charge in [-0.2, -0.15) is 0 Å². The monoisotopic (exact) mass is 520 g/mol. The van der Waals surface area contributed by atoms with Crippen LogP contribution in [0, 0.1) is 5.92 Å². The van der Waals surface area contributed by atoms with E-state index in [1.807, 2.05) is 38.1 Å². The van der Waals surface area contributed by atoms with Crippen molar-refractivity contribution in [1.29, 1.82) is 0 Å². The highest BCUT2D eigenvalue weighted by Crippen LogP contribution is 2.42. The van der Waals surface area contributed by atoms with E-state index in [4.69, 9.17) is 16.6 Å². The molecule has 1 N–H and O–H groups in total. The lowest BCUT2D eigenvalue weighted by molar-refractivity contribution is -0.122. The van der Waals surface area contributed by atoms with Gasteiger partial charge in [-0.05, 0) is 94.3 Å². The van der Waals surface area contributed by atoms with Crippen molar-refractivity contribution in [3.63, 3.8) is 0 Å². The summed E-state index contributed by atoms with van der Waals surface area (Å²) in [7, 11) is 0. The highest BCUT2D eigenvalue weighted by atomic mass is 35.5. The molecule has 6 nitrogen and oxygen atoms in total. The quantitative estimate of drug-likeness (QED) is 0.439. The first-order valence-corrected chi connectivity index (χ1v) is 14.1. The zero-order chi connectivity index (χ0) is 25.9. The summed E-state index contributed by atoms with van der Waals surface area (Å²) in [6.45, 7) is 7.40. The molecule has 0 spiro atoms. The highest BCUT2D eigenvalue weighted by molar-refractivity contribution is 6.30. The van der Waals surface area contributed by atoms with Gasteiger partial charge in [0.2, 0.25) is 5.91 Å². The number of hydrogen-bond donors (Lipinski definition) is 1. The molecule has 0 radical (unpaired) electrons. The molecular weight excluding hydrogens is 484 g/mol. The van der Waals surface area contributed by atoms with E-state index in [0.717, 1.165) is 5.92 Å². The molecule has 7 heteroatoms. The van der Waals surface area contributed by atoms with Crippen LogP contribution in [0.1, 0.15) is 63.9 Å². The second kappa shape index (κ2) is 11.4. The van der Waals surface area contributed by atoms with Gasteiger partial charge in [0, 0.05) is 23.2 Å². The smallest absolute Gasteiger partial charge is 0.262 e. The van der Waals surface area contributed by atoms with Gasteiger partial charge in [-0.3, -0.25) is 14.2 Å². The molecule has 0 atom stereocenters. The molecule has 1 aliphatic heterocycles. The van der Waals surface area contributed by atoms with Gasteiger partial charge in [0.25, 0.3) is 5.56 Å². The Labute approximate surface area is 224 Å². The number of fused-ring (bicyclic) bond motifs is 1. The number of carbonyl (C=O) groups is 1. The number of amides is 1. The second-order valence-corrected chi connectivity index (χ2v) is 11.5. The Kier molecular flexibility index (Phi) is 7.96. The number of rotatable bonds is 7. The van der Waals surface area contributed by atoms with E-state index in [2.05, 4.69) is 16.3 Å². The normalized spacial score (nSPS) is 20.5. The lowest BCUT2D eigenvalue weighted by Crippen LogP contribution is -2.37. The maximum absolute atomic E-state index is 13.8. The Balaban J connectivity index is 1.42. The fraction of sp³-hybridized carbons (Fsp3) is 0.500. The average Bonchev–Trinajstić information content (AvgIpc) is 3.11. The molecule has 3 aromatic rings. The first-order valence-electron chi connectivity index (χ1n) is 13.7. The van der Waals surface area contributed by atoms with Crippen molar-refractivity contribution in [3.05, 3.63) is 63.4 Å². The van der Waals surface area contributed by atoms with E-state index in [0.29, 0.717) is 33.2 Å². The number of aromatic nitrogens is 2. The summed E-state index contributed by atoms with van der Waals surface area (Å²) in [5.74, 6) is 1.45. The van der Waals surface area contributed by atoms with Crippen molar-refractivity contribution in [2.45, 2.75) is 70.9 Å². The van der Waals surface area contributed by atoms with Crippen molar-refractivity contribution in [3.8, 4) is 11.4 Å². The fourth-order valence-corrected chi connectivity index (χ4v) is 6.03. The molecule has 37 heavy (non-hydrogen) atoms. The number of carbonyl (C=O) groups excluding carboxylic acids is 1. The lowest BCUT2D eigenvalue weighted by Gasteiger charge is -2.39. The van der Waals surface area contributed by atoms with Gasteiger partial charge in [-0.25, -0.2) is 4.98 Å². The molecule has 2 heterocycles. The number of benzene rings is 2. The van der Waals surface area contributed by atoms with E-state index in [1.165, 1.54) is 68.3 Å². The Bertz CT molecular complexity index is 1320. The molecule has 1 aliphatic carbocycles. The van der Waals surface area contributed by atoms with Crippen molar-refractivity contribution in [1.82, 2.24) is 19.8 Å².